The van der Waals surface area contributed by atoms with Crippen molar-refractivity contribution in [2.45, 2.75) is 0 Å². The van der Waals surface area contributed by atoms with Gasteiger partial charge in [-0.3, -0.25) is 0 Å². The fourth-order valence-electron chi connectivity index (χ4n) is 4.77. The van der Waals surface area contributed by atoms with E-state index in [2.05, 4.69) is 0 Å². The van der Waals surface area contributed by atoms with Crippen molar-refractivity contribution in [3.05, 3.63) is 187 Å². The molecule has 0 fully saturated rings. The molecule has 45 heavy (non-hydrogen) atoms. The lowest BCUT2D eigenvalue weighted by atomic mass is 9.97. The minimum atomic E-state index is -0.762. The predicted molar refractivity (Wildman–Crippen MR) is 192 cm³/mol. The van der Waals surface area contributed by atoms with Crippen LogP contribution in [0.5, 0.6) is 0 Å². The van der Waals surface area contributed by atoms with Crippen LogP contribution in [0.1, 0.15) is 34.3 Å². The number of rotatable bonds is 6. The van der Waals surface area contributed by atoms with Crippen molar-refractivity contribution in [2.24, 2.45) is 0 Å². The second-order valence-electron chi connectivity index (χ2n) is 9.47. The maximum Gasteiger partial charge on any atom is 0.0630 e. The summed E-state index contributed by atoms with van der Waals surface area (Å²) in [6, 6.07) is -10.6. The van der Waals surface area contributed by atoms with E-state index in [9.17, 15) is 5.48 Å². The standard InChI is InChI=1S/C44H31N/c1-2-10-32(11-3-1)33-20-26-38(27-21-33)45(39-28-22-36(23-29-39)43-18-8-14-34-12-4-6-16-41(34)43)40-30-24-37(25-31-40)44-19-9-15-35-13-5-7-17-42(35)44/h1-31H/i1D,2D,3D,4D,5D,6D,7D,8D,9D,10D,11D,12D,13D,14D,15D,16D,17D,18D,19D,20D,21D,22D,23D,24D,25D. The summed E-state index contributed by atoms with van der Waals surface area (Å²) in [5.41, 5.74) is -3.04. The fraction of sp³-hybridized carbons (Fsp3) is 0. The van der Waals surface area contributed by atoms with Crippen LogP contribution in [0.2, 0.25) is 0 Å². The molecule has 0 bridgehead atoms. The van der Waals surface area contributed by atoms with Crippen LogP contribution < -0.4 is 4.90 Å². The van der Waals surface area contributed by atoms with Gasteiger partial charge in [-0.05, 0) is 91.3 Å². The molecule has 0 aliphatic rings. The van der Waals surface area contributed by atoms with Crippen LogP contribution >= 0.6 is 0 Å². The minimum Gasteiger partial charge on any atom is -0.311 e. The van der Waals surface area contributed by atoms with Crippen LogP contribution in [0.25, 0.3) is 54.9 Å². The van der Waals surface area contributed by atoms with E-state index < -0.39 is 200 Å². The maximum absolute atomic E-state index is 9.31. The molecule has 8 aromatic rings. The number of hydrogen-bond donors (Lipinski definition) is 0. The van der Waals surface area contributed by atoms with Gasteiger partial charge in [-0.15, -0.1) is 0 Å². The molecule has 0 saturated carbocycles. The van der Waals surface area contributed by atoms with E-state index >= 15 is 0 Å². The van der Waals surface area contributed by atoms with E-state index in [1.807, 2.05) is 0 Å². The van der Waals surface area contributed by atoms with Gasteiger partial charge < -0.3 is 4.90 Å². The van der Waals surface area contributed by atoms with Crippen molar-refractivity contribution in [1.29, 1.82) is 0 Å². The van der Waals surface area contributed by atoms with Crippen LogP contribution in [0.15, 0.2) is 187 Å². The molecular weight excluding hydrogens is 542 g/mol. The van der Waals surface area contributed by atoms with Crippen LogP contribution in [0.3, 0.4) is 0 Å². The van der Waals surface area contributed by atoms with Crippen LogP contribution in [-0.2, 0) is 0 Å². The molecule has 0 aliphatic heterocycles. The third kappa shape index (κ3) is 5.15. The number of fused-ring (bicyclic) bond motifs is 2. The lowest BCUT2D eigenvalue weighted by Crippen LogP contribution is -2.09. The van der Waals surface area contributed by atoms with Gasteiger partial charge in [-0.2, -0.15) is 0 Å². The van der Waals surface area contributed by atoms with Crippen LogP contribution in [0.4, 0.5) is 17.1 Å². The number of anilines is 3. The van der Waals surface area contributed by atoms with Crippen molar-refractivity contribution < 1.29 is 34.3 Å². The summed E-state index contributed by atoms with van der Waals surface area (Å²) in [7, 11) is 0. The largest absolute Gasteiger partial charge is 0.311 e. The van der Waals surface area contributed by atoms with Gasteiger partial charge in [0.15, 0.2) is 0 Å². The highest BCUT2D eigenvalue weighted by atomic mass is 15.1. The molecule has 0 N–H and O–H groups in total. The second-order valence-corrected chi connectivity index (χ2v) is 9.47. The van der Waals surface area contributed by atoms with E-state index in [1.54, 1.807) is 0 Å². The van der Waals surface area contributed by atoms with Crippen LogP contribution in [0, 0.1) is 0 Å². The molecule has 0 saturated heterocycles. The van der Waals surface area contributed by atoms with Gasteiger partial charge in [0.05, 0.1) is 34.3 Å². The maximum atomic E-state index is 9.31. The zero-order valence-corrected chi connectivity index (χ0v) is 22.9. The molecule has 0 spiro atoms. The van der Waals surface area contributed by atoms with Crippen molar-refractivity contribution in [3.63, 3.8) is 0 Å². The third-order valence-electron chi connectivity index (χ3n) is 6.84. The smallest absolute Gasteiger partial charge is 0.0630 e. The number of nitrogens with zero attached hydrogens (tertiary/aromatic N) is 1. The number of benzene rings is 8. The second kappa shape index (κ2) is 11.6. The van der Waals surface area contributed by atoms with Crippen molar-refractivity contribution >= 4 is 38.6 Å². The molecule has 0 unspecified atom stereocenters. The normalized spacial score (nSPS) is 18.9. The highest BCUT2D eigenvalue weighted by Gasteiger charge is 2.14. The first kappa shape index (κ1) is 11.2. The van der Waals surface area contributed by atoms with Crippen LogP contribution in [-0.4, -0.2) is 0 Å². The lowest BCUT2D eigenvalue weighted by Gasteiger charge is -2.26. The summed E-state index contributed by atoms with van der Waals surface area (Å²) in [5.74, 6) is 0. The van der Waals surface area contributed by atoms with E-state index in [4.69, 9.17) is 28.8 Å². The molecule has 0 aliphatic carbocycles. The zero-order chi connectivity index (χ0) is 51.8. The summed E-state index contributed by atoms with van der Waals surface area (Å²) in [5, 5.41) is -1.68. The molecule has 1 nitrogen and oxygen atoms in total. The average Bonchev–Trinajstić information content (AvgIpc) is 3.30. The Kier molecular flexibility index (Phi) is 2.90. The topological polar surface area (TPSA) is 3.24 Å². The average molecular weight is 599 g/mol. The quantitative estimate of drug-likeness (QED) is 0.184. The lowest BCUT2D eigenvalue weighted by molar-refractivity contribution is 1.28. The summed E-state index contributed by atoms with van der Waals surface area (Å²) < 4.78 is 216. The predicted octanol–water partition coefficient (Wildman–Crippen LogP) is 12.5. The van der Waals surface area contributed by atoms with Gasteiger partial charge >= 0.3 is 0 Å². The zero-order valence-electron chi connectivity index (χ0n) is 47.9. The Labute approximate surface area is 299 Å². The van der Waals surface area contributed by atoms with Gasteiger partial charge in [0.2, 0.25) is 0 Å². The SMILES string of the molecule is [2H]c1cc(N(c2cc([2H])c(-c3c([2H])c([2H])c([2H])c4c([2H])c([2H])c([2H])c([2H])c34)c([2H])c2)c2cc([2H])c(-c3c([2H])c([2H])c([2H])c4c([2H])c([2H])c([2H])c([2H])c34)c([2H])c2)cc([2H])c1-c1c([2H])c([2H])c([2H])c([2H])c1[2H]. The van der Waals surface area contributed by atoms with E-state index in [0.717, 1.165) is 36.4 Å². The Hall–Kier alpha value is -5.92. The Morgan fingerprint density at radius 2 is 0.667 bits per heavy atom. The molecule has 8 rings (SSSR count). The monoisotopic (exact) mass is 598 g/mol. The molecule has 212 valence electrons. The molecule has 0 radical (unpaired) electrons. The summed E-state index contributed by atoms with van der Waals surface area (Å²) in [6.07, 6.45) is 0. The number of hydrogen-bond acceptors (Lipinski definition) is 1. The fourth-order valence-corrected chi connectivity index (χ4v) is 4.77. The Morgan fingerprint density at radius 1 is 0.311 bits per heavy atom. The van der Waals surface area contributed by atoms with E-state index in [1.165, 1.54) is 4.90 Å². The Balaban J connectivity index is 1.44. The molecule has 0 heterocycles. The van der Waals surface area contributed by atoms with Crippen molar-refractivity contribution in [1.82, 2.24) is 0 Å². The molecule has 0 amide bonds. The van der Waals surface area contributed by atoms with Gasteiger partial charge in [-0.1, -0.05) is 151 Å². The molecule has 1 heteroatoms. The minimum absolute atomic E-state index is 0.162. The van der Waals surface area contributed by atoms with Gasteiger partial charge in [0.25, 0.3) is 0 Å². The van der Waals surface area contributed by atoms with Crippen molar-refractivity contribution in [3.8, 4) is 33.4 Å². The van der Waals surface area contributed by atoms with E-state index in [0.29, 0.717) is 0 Å². The Morgan fingerprint density at radius 3 is 1.13 bits per heavy atom. The summed E-state index contributed by atoms with van der Waals surface area (Å²) in [4.78, 5) is 1.17. The molecule has 0 atom stereocenters. The third-order valence-corrected chi connectivity index (χ3v) is 6.84. The molecular formula is C44H31N. The molecule has 8 aromatic carbocycles. The summed E-state index contributed by atoms with van der Waals surface area (Å²) in [6.45, 7) is 0. The van der Waals surface area contributed by atoms with Gasteiger partial charge in [0, 0.05) is 17.1 Å². The highest BCUT2D eigenvalue weighted by molar-refractivity contribution is 5.98. The first-order valence-corrected chi connectivity index (χ1v) is 13.4. The Bertz CT molecular complexity index is 3390. The first-order valence-electron chi connectivity index (χ1n) is 25.9. The molecule has 0 aromatic heterocycles. The summed E-state index contributed by atoms with van der Waals surface area (Å²) >= 11 is 0. The first-order chi connectivity index (χ1) is 32.7. The van der Waals surface area contributed by atoms with Crippen molar-refractivity contribution in [2.75, 3.05) is 4.90 Å². The van der Waals surface area contributed by atoms with E-state index in [-0.39, 0.29) is 22.6 Å². The van der Waals surface area contributed by atoms with Gasteiger partial charge in [-0.25, -0.2) is 0 Å². The van der Waals surface area contributed by atoms with Gasteiger partial charge in [0.1, 0.15) is 0 Å². The highest BCUT2D eigenvalue weighted by Crippen LogP contribution is 2.39.